The van der Waals surface area contributed by atoms with Gasteiger partial charge in [0.1, 0.15) is 0 Å². The molecule has 0 aliphatic rings. The Bertz CT molecular complexity index is 175. The van der Waals surface area contributed by atoms with Crippen molar-refractivity contribution in [3.8, 4) is 6.26 Å². The second-order valence-electron chi connectivity index (χ2n) is 0.602. The van der Waals surface area contributed by atoms with Gasteiger partial charge in [0.2, 0.25) is 0 Å². The molecule has 0 spiro atoms. The zero-order chi connectivity index (χ0) is 5.91. The van der Waals surface area contributed by atoms with Crippen molar-refractivity contribution in [1.29, 1.82) is 5.26 Å². The monoisotopic (exact) mass is 140 g/mol. The quantitative estimate of drug-likeness (QED) is 0.372. The number of hydrogen-bond donors (Lipinski definition) is 2. The van der Waals surface area contributed by atoms with Crippen LogP contribution in [0.2, 0.25) is 0 Å². The van der Waals surface area contributed by atoms with E-state index in [1.54, 1.807) is 0 Å². The summed E-state index contributed by atoms with van der Waals surface area (Å²) in [4.78, 5) is 0. The standard InChI is InChI=1S/CHNO4S.H3N/c2-1-6-7(3,4)5;/h(H,3,4,5);1H3. The third kappa shape index (κ3) is 8.94. The van der Waals surface area contributed by atoms with Crippen LogP contribution in [0.3, 0.4) is 0 Å². The Kier molecular flexibility index (Phi) is 4.08. The Morgan fingerprint density at radius 3 is 2.00 bits per heavy atom. The molecule has 0 heterocycles. The van der Waals surface area contributed by atoms with E-state index in [4.69, 9.17) is 9.81 Å². The van der Waals surface area contributed by atoms with Crippen LogP contribution in [0.1, 0.15) is 0 Å². The van der Waals surface area contributed by atoms with Gasteiger partial charge in [-0.3, -0.25) is 8.74 Å². The average molecular weight is 140 g/mol. The molecule has 6 nitrogen and oxygen atoms in total. The number of rotatable bonds is 1. The predicted molar refractivity (Wildman–Crippen MR) is 23.3 cm³/mol. The Labute approximate surface area is 46.2 Å². The van der Waals surface area contributed by atoms with Crippen molar-refractivity contribution in [3.05, 3.63) is 0 Å². The maximum atomic E-state index is 9.34. The van der Waals surface area contributed by atoms with Crippen LogP contribution in [0, 0.1) is 11.5 Å². The van der Waals surface area contributed by atoms with Crippen molar-refractivity contribution in [1.82, 2.24) is 6.15 Å². The average Bonchev–Trinajstić information content (AvgIpc) is 1.30. The highest BCUT2D eigenvalue weighted by Crippen LogP contribution is 1.78. The number of nitriles is 1. The second-order valence-corrected chi connectivity index (χ2v) is 1.62. The zero-order valence-corrected chi connectivity index (χ0v) is 4.55. The molecule has 0 atom stereocenters. The molecule has 0 aromatic carbocycles. The molecule has 0 aromatic heterocycles. The number of hydrogen-bond acceptors (Lipinski definition) is 5. The fourth-order valence-corrected chi connectivity index (χ4v) is 0.141. The second kappa shape index (κ2) is 3.20. The molecule has 0 fully saturated rings. The summed E-state index contributed by atoms with van der Waals surface area (Å²) in [7, 11) is -4.54. The van der Waals surface area contributed by atoms with Crippen molar-refractivity contribution in [2.45, 2.75) is 0 Å². The lowest BCUT2D eigenvalue weighted by Crippen LogP contribution is -1.96. The van der Waals surface area contributed by atoms with Gasteiger partial charge in [-0.1, -0.05) is 0 Å². The number of nitrogens with zero attached hydrogens (tertiary/aromatic N) is 1. The summed E-state index contributed by atoms with van der Waals surface area (Å²) in [5.41, 5.74) is 0. The maximum Gasteiger partial charge on any atom is 0.456 e. The SMILES string of the molecule is N.N#COS(=O)(=O)O. The molecule has 48 valence electrons. The van der Waals surface area contributed by atoms with Crippen molar-refractivity contribution in [2.24, 2.45) is 0 Å². The molecule has 0 rings (SSSR count). The van der Waals surface area contributed by atoms with E-state index < -0.39 is 10.4 Å². The largest absolute Gasteiger partial charge is 0.456 e. The topological polar surface area (TPSA) is 122 Å². The first-order chi connectivity index (χ1) is 3.06. The zero-order valence-electron chi connectivity index (χ0n) is 3.73. The van der Waals surface area contributed by atoms with Gasteiger partial charge in [0.05, 0.1) is 0 Å². The first-order valence-electron chi connectivity index (χ1n) is 1.11. The minimum absolute atomic E-state index is 0. The molecule has 8 heavy (non-hydrogen) atoms. The van der Waals surface area contributed by atoms with Crippen molar-refractivity contribution in [3.63, 3.8) is 0 Å². The lowest BCUT2D eigenvalue weighted by atomic mass is 11.6. The van der Waals surface area contributed by atoms with E-state index in [1.807, 2.05) is 0 Å². The third-order valence-corrected chi connectivity index (χ3v) is 0.428. The van der Waals surface area contributed by atoms with Gasteiger partial charge in [-0.25, -0.2) is 0 Å². The van der Waals surface area contributed by atoms with E-state index >= 15 is 0 Å². The molecule has 0 aliphatic carbocycles. The summed E-state index contributed by atoms with van der Waals surface area (Å²) >= 11 is 0. The first-order valence-corrected chi connectivity index (χ1v) is 2.48. The summed E-state index contributed by atoms with van der Waals surface area (Å²) in [6, 6.07) is 0. The molecule has 0 radical (unpaired) electrons. The van der Waals surface area contributed by atoms with E-state index in [0.29, 0.717) is 0 Å². The van der Waals surface area contributed by atoms with Crippen molar-refractivity contribution < 1.29 is 17.2 Å². The van der Waals surface area contributed by atoms with Crippen LogP contribution in [0.5, 0.6) is 0 Å². The first kappa shape index (κ1) is 10.2. The molecule has 0 bridgehead atoms. The summed E-state index contributed by atoms with van der Waals surface area (Å²) < 4.78 is 29.3. The normalized spacial score (nSPS) is 8.50. The smallest absolute Gasteiger partial charge is 0.344 e. The van der Waals surface area contributed by atoms with Crippen molar-refractivity contribution >= 4 is 10.4 Å². The fraction of sp³-hybridized carbons (Fsp3) is 0. The molecule has 0 amide bonds. The van der Waals surface area contributed by atoms with Gasteiger partial charge in [-0.2, -0.15) is 8.42 Å². The van der Waals surface area contributed by atoms with E-state index in [1.165, 1.54) is 0 Å². The summed E-state index contributed by atoms with van der Waals surface area (Å²) in [5.74, 6) is 0. The van der Waals surface area contributed by atoms with Crippen LogP contribution in [0.25, 0.3) is 0 Å². The van der Waals surface area contributed by atoms with Gasteiger partial charge in [-0.05, 0) is 0 Å². The Morgan fingerprint density at radius 1 is 1.62 bits per heavy atom. The molecular weight excluding hydrogens is 136 g/mol. The molecule has 0 aliphatic heterocycles. The fourth-order valence-electron chi connectivity index (χ4n) is 0.0471. The van der Waals surface area contributed by atoms with Gasteiger partial charge >= 0.3 is 16.7 Å². The molecule has 0 saturated heterocycles. The highest BCUT2D eigenvalue weighted by atomic mass is 32.3. The van der Waals surface area contributed by atoms with E-state index in [2.05, 4.69) is 4.18 Å². The summed E-state index contributed by atoms with van der Waals surface area (Å²) in [6.45, 7) is 0. The molecule has 0 unspecified atom stereocenters. The minimum atomic E-state index is -4.54. The Morgan fingerprint density at radius 2 is 2.00 bits per heavy atom. The van der Waals surface area contributed by atoms with E-state index in [0.717, 1.165) is 6.26 Å². The third-order valence-electron chi connectivity index (χ3n) is 0.143. The maximum absolute atomic E-state index is 9.34. The lowest BCUT2D eigenvalue weighted by molar-refractivity contribution is 0.367. The summed E-state index contributed by atoms with van der Waals surface area (Å²) in [5, 5.41) is 7.39. The van der Waals surface area contributed by atoms with E-state index in [9.17, 15) is 8.42 Å². The molecule has 0 aromatic rings. The molecular formula is CH4N2O4S. The van der Waals surface area contributed by atoms with Gasteiger partial charge in [0.15, 0.2) is 0 Å². The Hall–Kier alpha value is -0.840. The minimum Gasteiger partial charge on any atom is -0.344 e. The predicted octanol–water partition coefficient (Wildman–Crippen LogP) is -0.551. The van der Waals surface area contributed by atoms with Crippen LogP contribution in [0.15, 0.2) is 0 Å². The lowest BCUT2D eigenvalue weighted by Gasteiger charge is -1.80. The van der Waals surface area contributed by atoms with Crippen LogP contribution in [0.4, 0.5) is 0 Å². The van der Waals surface area contributed by atoms with Crippen LogP contribution in [-0.2, 0) is 14.6 Å². The summed E-state index contributed by atoms with van der Waals surface area (Å²) in [6.07, 6.45) is 0.770. The van der Waals surface area contributed by atoms with Gasteiger partial charge < -0.3 is 6.15 Å². The molecule has 7 heteroatoms. The van der Waals surface area contributed by atoms with Crippen LogP contribution >= 0.6 is 0 Å². The van der Waals surface area contributed by atoms with Gasteiger partial charge in [0, 0.05) is 0 Å². The van der Waals surface area contributed by atoms with Crippen molar-refractivity contribution in [2.75, 3.05) is 0 Å². The van der Waals surface area contributed by atoms with Crippen LogP contribution < -0.4 is 6.15 Å². The van der Waals surface area contributed by atoms with E-state index in [-0.39, 0.29) is 6.15 Å². The Balaban J connectivity index is 0. The van der Waals surface area contributed by atoms with Crippen LogP contribution in [-0.4, -0.2) is 13.0 Å². The highest BCUT2D eigenvalue weighted by molar-refractivity contribution is 7.81. The van der Waals surface area contributed by atoms with Gasteiger partial charge in [0.25, 0.3) is 0 Å². The highest BCUT2D eigenvalue weighted by Gasteiger charge is 1.99. The van der Waals surface area contributed by atoms with Gasteiger partial charge in [-0.15, -0.1) is 5.26 Å². The molecule has 0 saturated carbocycles. The molecule has 4 N–H and O–H groups in total.